The van der Waals surface area contributed by atoms with Gasteiger partial charge in [-0.25, -0.2) is 4.39 Å². The molecule has 0 amide bonds. The molecule has 0 heterocycles. The molecule has 1 atom stereocenters. The van der Waals surface area contributed by atoms with Crippen LogP contribution in [0.5, 0.6) is 0 Å². The van der Waals surface area contributed by atoms with Crippen LogP contribution in [-0.2, 0) is 11.2 Å². The van der Waals surface area contributed by atoms with Crippen molar-refractivity contribution in [3.8, 4) is 0 Å². The topological polar surface area (TPSA) is 17.1 Å². The molecule has 1 aromatic rings. The molecule has 1 aliphatic carbocycles. The van der Waals surface area contributed by atoms with Crippen LogP contribution in [-0.4, -0.2) is 10.6 Å². The van der Waals surface area contributed by atoms with Crippen molar-refractivity contribution < 1.29 is 9.18 Å². The maximum atomic E-state index is 12.9. The van der Waals surface area contributed by atoms with Gasteiger partial charge in [0.05, 0.1) is 4.83 Å². The van der Waals surface area contributed by atoms with E-state index in [2.05, 4.69) is 15.9 Å². The summed E-state index contributed by atoms with van der Waals surface area (Å²) >= 11 is 3.37. The van der Waals surface area contributed by atoms with E-state index in [-0.39, 0.29) is 22.3 Å². The van der Waals surface area contributed by atoms with E-state index >= 15 is 0 Å². The summed E-state index contributed by atoms with van der Waals surface area (Å²) in [6.45, 7) is 0. The fraction of sp³-hybridized carbons (Fsp3) is 0.417. The highest BCUT2D eigenvalue weighted by Gasteiger charge is 2.33. The second-order valence-corrected chi connectivity index (χ2v) is 5.08. The van der Waals surface area contributed by atoms with Gasteiger partial charge in [-0.3, -0.25) is 4.79 Å². The van der Waals surface area contributed by atoms with Crippen LogP contribution in [0.25, 0.3) is 0 Å². The second-order valence-electron chi connectivity index (χ2n) is 3.98. The largest absolute Gasteiger partial charge is 0.298 e. The summed E-state index contributed by atoms with van der Waals surface area (Å²) in [5, 5.41) is 0. The number of halogens is 2. The van der Waals surface area contributed by atoms with Gasteiger partial charge in [0.1, 0.15) is 11.6 Å². The molecule has 0 bridgehead atoms. The van der Waals surface area contributed by atoms with E-state index in [0.717, 1.165) is 18.4 Å². The third kappa shape index (κ3) is 2.88. The molecule has 1 unspecified atom stereocenters. The highest BCUT2D eigenvalue weighted by Crippen LogP contribution is 2.33. The molecule has 0 spiro atoms. The van der Waals surface area contributed by atoms with Gasteiger partial charge >= 0.3 is 0 Å². The van der Waals surface area contributed by atoms with Crippen molar-refractivity contribution in [3.05, 3.63) is 35.6 Å². The summed E-state index contributed by atoms with van der Waals surface area (Å²) in [5.41, 5.74) is 0.867. The van der Waals surface area contributed by atoms with Crippen molar-refractivity contribution in [2.75, 3.05) is 0 Å². The van der Waals surface area contributed by atoms with Gasteiger partial charge in [-0.05, 0) is 37.0 Å². The van der Waals surface area contributed by atoms with E-state index in [1.165, 1.54) is 12.1 Å². The molecule has 2 rings (SSSR count). The van der Waals surface area contributed by atoms with Crippen molar-refractivity contribution in [2.24, 2.45) is 5.92 Å². The van der Waals surface area contributed by atoms with Gasteiger partial charge in [-0.15, -0.1) is 0 Å². The normalized spacial score (nSPS) is 17.5. The first-order valence-corrected chi connectivity index (χ1v) is 6.00. The predicted molar refractivity (Wildman–Crippen MR) is 60.6 cm³/mol. The third-order valence-corrected chi connectivity index (χ3v) is 3.37. The number of Topliss-reactive ketones (excluding diaryl/α,β-unsaturated/α-hetero) is 1. The molecule has 1 fully saturated rings. The highest BCUT2D eigenvalue weighted by molar-refractivity contribution is 9.10. The number of alkyl halides is 1. The summed E-state index contributed by atoms with van der Waals surface area (Å²) in [5.74, 6) is 0.272. The van der Waals surface area contributed by atoms with E-state index in [0.29, 0.717) is 6.42 Å². The van der Waals surface area contributed by atoms with Crippen LogP contribution >= 0.6 is 15.9 Å². The fourth-order valence-corrected chi connectivity index (χ4v) is 2.34. The van der Waals surface area contributed by atoms with Crippen molar-refractivity contribution in [2.45, 2.75) is 24.1 Å². The van der Waals surface area contributed by atoms with Crippen LogP contribution in [0.15, 0.2) is 24.3 Å². The number of rotatable bonds is 4. The molecule has 0 N–H and O–H groups in total. The van der Waals surface area contributed by atoms with Crippen LogP contribution in [0.1, 0.15) is 18.4 Å². The maximum absolute atomic E-state index is 12.9. The molecule has 1 saturated carbocycles. The van der Waals surface area contributed by atoms with Gasteiger partial charge in [0.15, 0.2) is 0 Å². The summed E-state index contributed by atoms with van der Waals surface area (Å²) in [6.07, 6.45) is 2.61. The summed E-state index contributed by atoms with van der Waals surface area (Å²) < 4.78 is 12.9. The van der Waals surface area contributed by atoms with Crippen LogP contribution in [0.3, 0.4) is 0 Å². The molecule has 1 aliphatic rings. The molecule has 3 heteroatoms. The lowest BCUT2D eigenvalue weighted by Gasteiger charge is -2.07. The lowest BCUT2D eigenvalue weighted by atomic mass is 10.1. The molecular formula is C12H12BrFO. The lowest BCUT2D eigenvalue weighted by molar-refractivity contribution is -0.119. The van der Waals surface area contributed by atoms with Gasteiger partial charge in [0.2, 0.25) is 0 Å². The Kier molecular flexibility index (Phi) is 3.19. The van der Waals surface area contributed by atoms with Gasteiger partial charge in [-0.1, -0.05) is 28.1 Å². The average molecular weight is 271 g/mol. The van der Waals surface area contributed by atoms with Crippen LogP contribution < -0.4 is 0 Å². The predicted octanol–water partition coefficient (Wildman–Crippen LogP) is 3.11. The van der Waals surface area contributed by atoms with Crippen molar-refractivity contribution in [1.29, 1.82) is 0 Å². The minimum atomic E-state index is -0.244. The Morgan fingerprint density at radius 1 is 1.53 bits per heavy atom. The summed E-state index contributed by atoms with van der Waals surface area (Å²) in [6, 6.07) is 6.41. The van der Waals surface area contributed by atoms with E-state index in [1.54, 1.807) is 6.07 Å². The van der Waals surface area contributed by atoms with Gasteiger partial charge in [0, 0.05) is 5.92 Å². The molecule has 0 aliphatic heterocycles. The Morgan fingerprint density at radius 2 is 2.27 bits per heavy atom. The molecule has 0 saturated heterocycles. The number of carbonyl (C=O) groups excluding carboxylic acids is 1. The first kappa shape index (κ1) is 10.8. The number of hydrogen-bond donors (Lipinski definition) is 0. The number of hydrogen-bond acceptors (Lipinski definition) is 1. The second kappa shape index (κ2) is 4.44. The Bertz CT molecular complexity index is 374. The maximum Gasteiger partial charge on any atom is 0.149 e. The quantitative estimate of drug-likeness (QED) is 0.769. The Labute approximate surface area is 96.8 Å². The van der Waals surface area contributed by atoms with Crippen LogP contribution in [0, 0.1) is 11.7 Å². The zero-order valence-corrected chi connectivity index (χ0v) is 9.84. The first-order valence-electron chi connectivity index (χ1n) is 5.09. The Balaban J connectivity index is 1.98. The van der Waals surface area contributed by atoms with E-state index in [4.69, 9.17) is 0 Å². The number of carbonyl (C=O) groups is 1. The SMILES string of the molecule is O=C(C(Br)Cc1cccc(F)c1)C1CC1. The molecule has 1 nitrogen and oxygen atoms in total. The van der Waals surface area contributed by atoms with Crippen LogP contribution in [0.4, 0.5) is 4.39 Å². The zero-order valence-electron chi connectivity index (χ0n) is 8.25. The molecule has 15 heavy (non-hydrogen) atoms. The standard InChI is InChI=1S/C12H12BrFO/c13-11(12(15)9-4-5-9)7-8-2-1-3-10(14)6-8/h1-3,6,9,11H,4-5,7H2. The summed E-state index contributed by atoms with van der Waals surface area (Å²) in [7, 11) is 0. The van der Waals surface area contributed by atoms with E-state index in [9.17, 15) is 9.18 Å². The lowest BCUT2D eigenvalue weighted by Crippen LogP contribution is -2.18. The van der Waals surface area contributed by atoms with Crippen molar-refractivity contribution >= 4 is 21.7 Å². The van der Waals surface area contributed by atoms with Crippen molar-refractivity contribution in [1.82, 2.24) is 0 Å². The van der Waals surface area contributed by atoms with Gasteiger partial charge < -0.3 is 0 Å². The number of ketones is 1. The smallest absolute Gasteiger partial charge is 0.149 e. The van der Waals surface area contributed by atoms with Gasteiger partial charge in [-0.2, -0.15) is 0 Å². The highest BCUT2D eigenvalue weighted by atomic mass is 79.9. The van der Waals surface area contributed by atoms with Gasteiger partial charge in [0.25, 0.3) is 0 Å². The Morgan fingerprint density at radius 3 is 2.87 bits per heavy atom. The fourth-order valence-electron chi connectivity index (χ4n) is 1.60. The minimum absolute atomic E-state index is 0.160. The molecule has 80 valence electrons. The molecular weight excluding hydrogens is 259 g/mol. The third-order valence-electron chi connectivity index (χ3n) is 2.59. The van der Waals surface area contributed by atoms with Crippen LogP contribution in [0.2, 0.25) is 0 Å². The van der Waals surface area contributed by atoms with E-state index in [1.807, 2.05) is 6.07 Å². The van der Waals surface area contributed by atoms with E-state index < -0.39 is 0 Å². The monoisotopic (exact) mass is 270 g/mol. The Hall–Kier alpha value is -0.700. The van der Waals surface area contributed by atoms with Crippen molar-refractivity contribution in [3.63, 3.8) is 0 Å². The zero-order chi connectivity index (χ0) is 10.8. The summed E-state index contributed by atoms with van der Waals surface area (Å²) in [4.78, 5) is 11.5. The minimum Gasteiger partial charge on any atom is -0.298 e. The first-order chi connectivity index (χ1) is 7.16. The molecule has 1 aromatic carbocycles. The molecule has 0 radical (unpaired) electrons. The average Bonchev–Trinajstić information content (AvgIpc) is 2.99. The molecule has 0 aromatic heterocycles. The number of benzene rings is 1.